The van der Waals surface area contributed by atoms with Crippen molar-refractivity contribution in [3.63, 3.8) is 0 Å². The second-order valence-corrected chi connectivity index (χ2v) is 9.26. The number of pyridine rings is 1. The third-order valence-electron chi connectivity index (χ3n) is 6.69. The van der Waals surface area contributed by atoms with Gasteiger partial charge in [0.25, 0.3) is 0 Å². The fourth-order valence-electron chi connectivity index (χ4n) is 4.80. The zero-order valence-corrected chi connectivity index (χ0v) is 27.0. The minimum atomic E-state index is 0. The second-order valence-electron chi connectivity index (χ2n) is 9.26. The molecular formula is C32H40N3O6Re-3. The summed E-state index contributed by atoms with van der Waals surface area (Å²) in [5.74, 6) is 1.99. The largest absolute Gasteiger partial charge is 0.545 e. The predicted molar refractivity (Wildman–Crippen MR) is 159 cm³/mol. The summed E-state index contributed by atoms with van der Waals surface area (Å²) in [6, 6.07) is 17.9. The SMILES string of the molecule is COc1cc2c(cc1OC)CN(CCCCCCN(Cc1ccccn1)Cc1ccccc1O)C2.[CH-]=O.[CH-]=O.[CH-]=O.[Re]. The maximum Gasteiger partial charge on any atom is 0.161 e. The first kappa shape index (κ1) is 38.6. The molecule has 1 aromatic heterocycles. The van der Waals surface area contributed by atoms with Crippen molar-refractivity contribution < 1.29 is 49.4 Å². The topological polar surface area (TPSA) is 109 Å². The van der Waals surface area contributed by atoms with Crippen LogP contribution in [0.1, 0.15) is 48.1 Å². The van der Waals surface area contributed by atoms with Crippen LogP contribution in [0.15, 0.2) is 60.8 Å². The first-order valence-corrected chi connectivity index (χ1v) is 13.2. The molecule has 1 aliphatic heterocycles. The van der Waals surface area contributed by atoms with Crippen LogP contribution in [0.2, 0.25) is 0 Å². The molecule has 0 unspecified atom stereocenters. The number of hydrogen-bond acceptors (Lipinski definition) is 9. The molecule has 0 saturated heterocycles. The fraction of sp³-hybridized carbons (Fsp3) is 0.375. The van der Waals surface area contributed by atoms with Gasteiger partial charge in [0.05, 0.1) is 19.9 Å². The number of aromatic hydroxyl groups is 1. The summed E-state index contributed by atoms with van der Waals surface area (Å²) in [6.45, 7) is 15.3. The summed E-state index contributed by atoms with van der Waals surface area (Å²) in [4.78, 5) is 32.6. The normalized spacial score (nSPS) is 11.3. The smallest absolute Gasteiger partial charge is 0.161 e. The van der Waals surface area contributed by atoms with Gasteiger partial charge in [-0.15, -0.1) is 0 Å². The molecule has 1 N–H and O–H groups in total. The molecule has 42 heavy (non-hydrogen) atoms. The first-order valence-electron chi connectivity index (χ1n) is 13.2. The summed E-state index contributed by atoms with van der Waals surface area (Å²) in [7, 11) is 3.38. The van der Waals surface area contributed by atoms with E-state index in [1.165, 1.54) is 30.4 Å². The van der Waals surface area contributed by atoms with Crippen molar-refractivity contribution in [1.82, 2.24) is 14.8 Å². The summed E-state index contributed by atoms with van der Waals surface area (Å²) in [6.07, 6.45) is 6.59. The van der Waals surface area contributed by atoms with E-state index in [1.54, 1.807) is 20.3 Å². The van der Waals surface area contributed by atoms with Crippen LogP contribution in [-0.2, 0) is 61.0 Å². The maximum atomic E-state index is 10.2. The number of phenolic OH excluding ortho intramolecular Hbond substituents is 1. The van der Waals surface area contributed by atoms with Gasteiger partial charge < -0.3 is 29.0 Å². The molecule has 0 spiro atoms. The van der Waals surface area contributed by atoms with E-state index in [1.807, 2.05) is 36.5 Å². The molecule has 4 rings (SSSR count). The van der Waals surface area contributed by atoms with Gasteiger partial charge in [-0.3, -0.25) is 35.2 Å². The minimum absolute atomic E-state index is 0. The predicted octanol–water partition coefficient (Wildman–Crippen LogP) is 4.56. The molecule has 0 aliphatic carbocycles. The molecular weight excluding hydrogens is 709 g/mol. The van der Waals surface area contributed by atoms with Crippen LogP contribution in [-0.4, -0.2) is 67.6 Å². The van der Waals surface area contributed by atoms with E-state index in [0.29, 0.717) is 5.75 Å². The Kier molecular flexibility index (Phi) is 21.3. The van der Waals surface area contributed by atoms with Crippen LogP contribution in [0.4, 0.5) is 0 Å². The molecule has 2 heterocycles. The van der Waals surface area contributed by atoms with Crippen LogP contribution >= 0.6 is 0 Å². The number of fused-ring (bicyclic) bond motifs is 1. The second kappa shape index (κ2) is 23.2. The van der Waals surface area contributed by atoms with E-state index < -0.39 is 0 Å². The number of carbonyl (C=O) groups excluding carboxylic acids is 3. The standard InChI is InChI=1S/C29H37N3O3.3CHO.Re/c1-34-28-17-24-20-31(21-25(24)18-29(28)35-2)15-9-3-4-10-16-32(22-26-12-7-8-14-30-26)19-23-11-5-6-13-27(23)33;3*1-2;/h5-8,11-14,17-18,33H,3-4,9-10,15-16,19-22H2,1-2H3;3*1H;/q;3*-1;. The van der Waals surface area contributed by atoms with Crippen molar-refractivity contribution in [3.05, 3.63) is 83.2 Å². The van der Waals surface area contributed by atoms with Crippen molar-refractivity contribution >= 4 is 20.4 Å². The molecule has 0 amide bonds. The van der Waals surface area contributed by atoms with Gasteiger partial charge in [-0.25, -0.2) is 0 Å². The number of phenols is 1. The summed E-state index contributed by atoms with van der Waals surface area (Å²) < 4.78 is 10.9. The Morgan fingerprint density at radius 1 is 0.810 bits per heavy atom. The molecule has 0 bridgehead atoms. The average molecular weight is 749 g/mol. The van der Waals surface area contributed by atoms with E-state index in [-0.39, 0.29) is 20.4 Å². The van der Waals surface area contributed by atoms with Crippen LogP contribution in [0.5, 0.6) is 17.2 Å². The van der Waals surface area contributed by atoms with Gasteiger partial charge in [0.2, 0.25) is 0 Å². The maximum absolute atomic E-state index is 10.2. The molecule has 2 aromatic carbocycles. The number of rotatable bonds is 13. The number of nitrogens with zero attached hydrogens (tertiary/aromatic N) is 3. The van der Waals surface area contributed by atoms with Crippen molar-refractivity contribution in [2.75, 3.05) is 27.3 Å². The Balaban J connectivity index is 0.00000226. The van der Waals surface area contributed by atoms with Crippen LogP contribution in [0, 0.1) is 0 Å². The van der Waals surface area contributed by atoms with Crippen molar-refractivity contribution in [2.24, 2.45) is 0 Å². The van der Waals surface area contributed by atoms with Gasteiger partial charge in [0.15, 0.2) is 11.5 Å². The molecule has 9 nitrogen and oxygen atoms in total. The zero-order chi connectivity index (χ0) is 30.5. The number of unbranched alkanes of at least 4 members (excludes halogenated alkanes) is 3. The number of ether oxygens (including phenoxy) is 2. The average Bonchev–Trinajstić information content (AvgIpc) is 3.44. The summed E-state index contributed by atoms with van der Waals surface area (Å²) in [5, 5.41) is 10.2. The van der Waals surface area contributed by atoms with Crippen LogP contribution < -0.4 is 9.47 Å². The third kappa shape index (κ3) is 12.6. The van der Waals surface area contributed by atoms with Gasteiger partial charge in [0, 0.05) is 58.4 Å². The molecule has 229 valence electrons. The van der Waals surface area contributed by atoms with E-state index in [4.69, 9.17) is 23.9 Å². The molecule has 1 aliphatic rings. The Morgan fingerprint density at radius 2 is 1.38 bits per heavy atom. The fourth-order valence-corrected chi connectivity index (χ4v) is 4.80. The van der Waals surface area contributed by atoms with E-state index >= 15 is 0 Å². The number of aromatic nitrogens is 1. The van der Waals surface area contributed by atoms with E-state index in [2.05, 4.69) is 53.4 Å². The molecule has 1 radical (unpaired) electrons. The number of benzene rings is 2. The van der Waals surface area contributed by atoms with Crippen molar-refractivity contribution in [2.45, 2.75) is 51.9 Å². The zero-order valence-electron chi connectivity index (χ0n) is 24.3. The van der Waals surface area contributed by atoms with Gasteiger partial charge in [-0.05, 0) is 67.4 Å². The Hall–Kier alpha value is -3.42. The van der Waals surface area contributed by atoms with Gasteiger partial charge >= 0.3 is 0 Å². The molecule has 0 fully saturated rings. The Morgan fingerprint density at radius 3 is 1.93 bits per heavy atom. The molecule has 0 saturated carbocycles. The first-order chi connectivity index (χ1) is 20.2. The summed E-state index contributed by atoms with van der Waals surface area (Å²) >= 11 is 0. The van der Waals surface area contributed by atoms with E-state index in [0.717, 1.165) is 68.4 Å². The van der Waals surface area contributed by atoms with Crippen LogP contribution in [0.25, 0.3) is 0 Å². The monoisotopic (exact) mass is 749 g/mol. The molecule has 3 aromatic rings. The van der Waals surface area contributed by atoms with Crippen molar-refractivity contribution in [1.29, 1.82) is 0 Å². The number of para-hydroxylation sites is 1. The Bertz CT molecular complexity index is 1100. The van der Waals surface area contributed by atoms with Gasteiger partial charge in [-0.2, -0.15) is 0 Å². The number of hydrogen-bond donors (Lipinski definition) is 1. The summed E-state index contributed by atoms with van der Waals surface area (Å²) in [5.41, 5.74) is 4.71. The van der Waals surface area contributed by atoms with Gasteiger partial charge in [-0.1, -0.05) is 37.1 Å². The number of methoxy groups -OCH3 is 2. The molecule has 0 atom stereocenters. The minimum Gasteiger partial charge on any atom is -0.545 e. The van der Waals surface area contributed by atoms with Gasteiger partial charge in [0.1, 0.15) is 5.75 Å². The Labute approximate surface area is 263 Å². The van der Waals surface area contributed by atoms with E-state index in [9.17, 15) is 5.11 Å². The van der Waals surface area contributed by atoms with Crippen molar-refractivity contribution in [3.8, 4) is 17.2 Å². The quantitative estimate of drug-likeness (QED) is 0.153. The van der Waals surface area contributed by atoms with Crippen LogP contribution in [0.3, 0.4) is 0 Å². The third-order valence-corrected chi connectivity index (χ3v) is 6.69. The molecule has 10 heteroatoms.